The zero-order valence-electron chi connectivity index (χ0n) is 9.75. The van der Waals surface area contributed by atoms with Crippen LogP contribution in [0.3, 0.4) is 0 Å². The van der Waals surface area contributed by atoms with Gasteiger partial charge in [0.1, 0.15) is 17.7 Å². The van der Waals surface area contributed by atoms with Crippen LogP contribution in [-0.2, 0) is 6.54 Å². The third-order valence-corrected chi connectivity index (χ3v) is 2.80. The molecule has 0 aliphatic rings. The first kappa shape index (κ1) is 13.3. The third kappa shape index (κ3) is 3.21. The lowest BCUT2D eigenvalue weighted by molar-refractivity contribution is 0.622. The van der Waals surface area contributed by atoms with Crippen molar-refractivity contribution in [3.05, 3.63) is 64.2 Å². The Kier molecular flexibility index (Phi) is 3.98. The molecule has 0 radical (unpaired) electrons. The van der Waals surface area contributed by atoms with Crippen molar-refractivity contribution in [1.82, 2.24) is 0 Å². The van der Waals surface area contributed by atoms with Crippen molar-refractivity contribution < 1.29 is 8.78 Å². The third-order valence-electron chi connectivity index (χ3n) is 2.57. The molecule has 1 N–H and O–H groups in total. The lowest BCUT2D eigenvalue weighted by Crippen LogP contribution is -2.02. The standard InChI is InChI=1S/C14H9ClF2N2/c15-11-2-4-14(13(17)6-11)19-8-9-1-3-12(16)10(5-9)7-18/h1-6,19H,8H2. The van der Waals surface area contributed by atoms with Gasteiger partial charge in [-0.15, -0.1) is 0 Å². The number of rotatable bonds is 3. The molecule has 0 bridgehead atoms. The van der Waals surface area contributed by atoms with E-state index in [2.05, 4.69) is 5.32 Å². The van der Waals surface area contributed by atoms with Crippen LogP contribution < -0.4 is 5.32 Å². The SMILES string of the molecule is N#Cc1cc(CNc2ccc(Cl)cc2F)ccc1F. The largest absolute Gasteiger partial charge is 0.379 e. The van der Waals surface area contributed by atoms with Gasteiger partial charge in [0, 0.05) is 11.6 Å². The summed E-state index contributed by atoms with van der Waals surface area (Å²) in [7, 11) is 0. The number of anilines is 1. The second-order valence-electron chi connectivity index (χ2n) is 3.90. The summed E-state index contributed by atoms with van der Waals surface area (Å²) in [6.45, 7) is 0.285. The fourth-order valence-electron chi connectivity index (χ4n) is 1.60. The van der Waals surface area contributed by atoms with Crippen LogP contribution in [0.15, 0.2) is 36.4 Å². The van der Waals surface area contributed by atoms with Crippen molar-refractivity contribution in [2.24, 2.45) is 0 Å². The molecule has 2 nitrogen and oxygen atoms in total. The lowest BCUT2D eigenvalue weighted by atomic mass is 10.1. The van der Waals surface area contributed by atoms with Gasteiger partial charge in [0.25, 0.3) is 0 Å². The van der Waals surface area contributed by atoms with E-state index in [4.69, 9.17) is 16.9 Å². The van der Waals surface area contributed by atoms with Crippen LogP contribution in [0, 0.1) is 23.0 Å². The van der Waals surface area contributed by atoms with Gasteiger partial charge in [-0.1, -0.05) is 17.7 Å². The van der Waals surface area contributed by atoms with Crippen LogP contribution in [-0.4, -0.2) is 0 Å². The summed E-state index contributed by atoms with van der Waals surface area (Å²) in [5, 5.41) is 11.9. The molecule has 5 heteroatoms. The highest BCUT2D eigenvalue weighted by Crippen LogP contribution is 2.20. The monoisotopic (exact) mass is 278 g/mol. The predicted molar refractivity (Wildman–Crippen MR) is 69.9 cm³/mol. The van der Waals surface area contributed by atoms with E-state index in [1.54, 1.807) is 12.1 Å². The van der Waals surface area contributed by atoms with Gasteiger partial charge in [0.15, 0.2) is 0 Å². The minimum Gasteiger partial charge on any atom is -0.379 e. The highest BCUT2D eigenvalue weighted by Gasteiger charge is 2.05. The second-order valence-corrected chi connectivity index (χ2v) is 4.34. The van der Waals surface area contributed by atoms with Crippen molar-refractivity contribution in [1.29, 1.82) is 5.26 Å². The lowest BCUT2D eigenvalue weighted by Gasteiger charge is -2.08. The number of nitrogens with one attached hydrogen (secondary N) is 1. The number of nitrogens with zero attached hydrogens (tertiary/aromatic N) is 1. The minimum absolute atomic E-state index is 0.0316. The zero-order valence-corrected chi connectivity index (χ0v) is 10.5. The molecule has 96 valence electrons. The van der Waals surface area contributed by atoms with Gasteiger partial charge in [-0.2, -0.15) is 5.26 Å². The van der Waals surface area contributed by atoms with Crippen molar-refractivity contribution in [2.45, 2.75) is 6.54 Å². The van der Waals surface area contributed by atoms with E-state index in [1.165, 1.54) is 30.3 Å². The number of hydrogen-bond donors (Lipinski definition) is 1. The maximum atomic E-state index is 13.5. The van der Waals surface area contributed by atoms with Gasteiger partial charge >= 0.3 is 0 Å². The van der Waals surface area contributed by atoms with E-state index < -0.39 is 11.6 Å². The van der Waals surface area contributed by atoms with Gasteiger partial charge in [0.2, 0.25) is 0 Å². The Bertz CT molecular complexity index is 650. The normalized spacial score (nSPS) is 10.0. The van der Waals surface area contributed by atoms with E-state index in [1.807, 2.05) is 0 Å². The van der Waals surface area contributed by atoms with E-state index >= 15 is 0 Å². The molecular formula is C14H9ClF2N2. The molecule has 0 saturated heterocycles. The summed E-state index contributed by atoms with van der Waals surface area (Å²) in [5.74, 6) is -1.03. The minimum atomic E-state index is -0.566. The van der Waals surface area contributed by atoms with Crippen LogP contribution in [0.4, 0.5) is 14.5 Å². The maximum Gasteiger partial charge on any atom is 0.147 e. The number of benzene rings is 2. The summed E-state index contributed by atoms with van der Waals surface area (Å²) in [6.07, 6.45) is 0. The Labute approximate surface area is 114 Å². The Hall–Kier alpha value is -2.12. The van der Waals surface area contributed by atoms with E-state index in [-0.39, 0.29) is 12.1 Å². The van der Waals surface area contributed by atoms with Crippen LogP contribution in [0.1, 0.15) is 11.1 Å². The highest BCUT2D eigenvalue weighted by atomic mass is 35.5. The fourth-order valence-corrected chi connectivity index (χ4v) is 1.76. The average molecular weight is 279 g/mol. The average Bonchev–Trinajstić information content (AvgIpc) is 2.39. The summed E-state index contributed by atoms with van der Waals surface area (Å²) >= 11 is 5.65. The molecule has 2 rings (SSSR count). The number of nitriles is 1. The van der Waals surface area contributed by atoms with Crippen LogP contribution in [0.2, 0.25) is 5.02 Å². The van der Waals surface area contributed by atoms with Crippen LogP contribution in [0.25, 0.3) is 0 Å². The Morgan fingerprint density at radius 3 is 2.58 bits per heavy atom. The fraction of sp³-hybridized carbons (Fsp3) is 0.0714. The topological polar surface area (TPSA) is 35.8 Å². The van der Waals surface area contributed by atoms with Gasteiger partial charge in [0.05, 0.1) is 11.3 Å². The van der Waals surface area contributed by atoms with Gasteiger partial charge in [-0.3, -0.25) is 0 Å². The van der Waals surface area contributed by atoms with E-state index in [9.17, 15) is 8.78 Å². The first-order valence-corrected chi connectivity index (χ1v) is 5.85. The van der Waals surface area contributed by atoms with Gasteiger partial charge in [-0.25, -0.2) is 8.78 Å². The Morgan fingerprint density at radius 1 is 1.11 bits per heavy atom. The molecule has 0 atom stereocenters. The molecule has 0 heterocycles. The van der Waals surface area contributed by atoms with Gasteiger partial charge < -0.3 is 5.32 Å². The van der Waals surface area contributed by atoms with Crippen molar-refractivity contribution >= 4 is 17.3 Å². The maximum absolute atomic E-state index is 13.5. The molecule has 0 amide bonds. The van der Waals surface area contributed by atoms with E-state index in [0.29, 0.717) is 16.3 Å². The van der Waals surface area contributed by atoms with Gasteiger partial charge in [-0.05, 0) is 35.9 Å². The Morgan fingerprint density at radius 2 is 1.89 bits per heavy atom. The number of hydrogen-bond acceptors (Lipinski definition) is 2. The molecule has 0 fully saturated rings. The molecule has 0 unspecified atom stereocenters. The highest BCUT2D eigenvalue weighted by molar-refractivity contribution is 6.30. The molecular weight excluding hydrogens is 270 g/mol. The molecule has 0 aromatic heterocycles. The van der Waals surface area contributed by atoms with Crippen LogP contribution >= 0.6 is 11.6 Å². The van der Waals surface area contributed by atoms with E-state index in [0.717, 1.165) is 0 Å². The number of halogens is 3. The molecule has 2 aromatic rings. The molecule has 2 aromatic carbocycles. The summed E-state index contributed by atoms with van der Waals surface area (Å²) in [6, 6.07) is 10.2. The quantitative estimate of drug-likeness (QED) is 0.917. The zero-order chi connectivity index (χ0) is 13.8. The summed E-state index contributed by atoms with van der Waals surface area (Å²) in [4.78, 5) is 0. The molecule has 0 aliphatic carbocycles. The first-order chi connectivity index (χ1) is 9.10. The van der Waals surface area contributed by atoms with Crippen molar-refractivity contribution in [2.75, 3.05) is 5.32 Å². The van der Waals surface area contributed by atoms with Crippen LogP contribution in [0.5, 0.6) is 0 Å². The molecule has 0 spiro atoms. The molecule has 0 saturated carbocycles. The second kappa shape index (κ2) is 5.68. The summed E-state index contributed by atoms with van der Waals surface area (Å²) < 4.78 is 26.6. The molecule has 19 heavy (non-hydrogen) atoms. The Balaban J connectivity index is 2.13. The molecule has 0 aliphatic heterocycles. The smallest absolute Gasteiger partial charge is 0.147 e. The predicted octanol–water partition coefficient (Wildman–Crippen LogP) is 4.10. The van der Waals surface area contributed by atoms with Crippen molar-refractivity contribution in [3.63, 3.8) is 0 Å². The summed E-state index contributed by atoms with van der Waals surface area (Å²) in [5.41, 5.74) is 0.954. The van der Waals surface area contributed by atoms with Crippen molar-refractivity contribution in [3.8, 4) is 6.07 Å². The first-order valence-electron chi connectivity index (χ1n) is 5.47.